The van der Waals surface area contributed by atoms with Gasteiger partial charge in [-0.05, 0) is 42.9 Å². The van der Waals surface area contributed by atoms with Crippen LogP contribution in [0.15, 0.2) is 24.3 Å². The molecule has 1 atom stereocenters. The summed E-state index contributed by atoms with van der Waals surface area (Å²) in [4.78, 5) is 0. The van der Waals surface area contributed by atoms with Gasteiger partial charge in [0, 0.05) is 12.6 Å². The van der Waals surface area contributed by atoms with Gasteiger partial charge in [0.15, 0.2) is 0 Å². The molecule has 0 bridgehead atoms. The highest BCUT2D eigenvalue weighted by Crippen LogP contribution is 2.21. The van der Waals surface area contributed by atoms with Crippen molar-refractivity contribution < 1.29 is 4.74 Å². The summed E-state index contributed by atoms with van der Waals surface area (Å²) < 4.78 is 5.69. The molecule has 0 radical (unpaired) electrons. The van der Waals surface area contributed by atoms with E-state index in [2.05, 4.69) is 43.4 Å². The first-order chi connectivity index (χ1) is 8.29. The molecule has 17 heavy (non-hydrogen) atoms. The van der Waals surface area contributed by atoms with Crippen LogP contribution in [0.25, 0.3) is 0 Å². The number of benzene rings is 1. The molecule has 0 aliphatic heterocycles. The van der Waals surface area contributed by atoms with Gasteiger partial charge in [0.25, 0.3) is 0 Å². The maximum atomic E-state index is 5.69. The Hall–Kier alpha value is -1.02. The zero-order valence-electron chi connectivity index (χ0n) is 10.9. The normalized spacial score (nSPS) is 16.8. The molecule has 1 fully saturated rings. The second-order valence-electron chi connectivity index (χ2n) is 4.96. The zero-order valence-corrected chi connectivity index (χ0v) is 10.9. The molecule has 1 saturated carbocycles. The molecule has 0 saturated heterocycles. The lowest BCUT2D eigenvalue weighted by Gasteiger charge is -2.11. The number of nitrogens with one attached hydrogen (secondary N) is 1. The van der Waals surface area contributed by atoms with Gasteiger partial charge in [-0.25, -0.2) is 0 Å². The predicted molar refractivity (Wildman–Crippen MR) is 71.7 cm³/mol. The Kier molecular flexibility index (Phi) is 4.43. The Balaban J connectivity index is 1.72. The highest BCUT2D eigenvalue weighted by molar-refractivity contribution is 5.29. The third kappa shape index (κ3) is 4.04. The summed E-state index contributed by atoms with van der Waals surface area (Å²) in [6.07, 6.45) is 3.86. The maximum absolute atomic E-state index is 5.69. The summed E-state index contributed by atoms with van der Waals surface area (Å²) in [7, 11) is 0. The topological polar surface area (TPSA) is 21.3 Å². The molecule has 2 nitrogen and oxygen atoms in total. The second kappa shape index (κ2) is 6.06. The number of ether oxygens (including phenoxy) is 1. The number of rotatable bonds is 7. The monoisotopic (exact) mass is 233 g/mol. The Morgan fingerprint density at radius 1 is 1.29 bits per heavy atom. The molecule has 0 heterocycles. The largest absolute Gasteiger partial charge is 0.492 e. The lowest BCUT2D eigenvalue weighted by molar-refractivity contribution is 0.313. The van der Waals surface area contributed by atoms with Crippen LogP contribution in [0.4, 0.5) is 0 Å². The highest BCUT2D eigenvalue weighted by atomic mass is 16.5. The zero-order chi connectivity index (χ0) is 12.1. The molecule has 1 aliphatic rings. The van der Waals surface area contributed by atoms with Crippen LogP contribution >= 0.6 is 0 Å². The van der Waals surface area contributed by atoms with Gasteiger partial charge >= 0.3 is 0 Å². The molecule has 2 heteroatoms. The predicted octanol–water partition coefficient (Wildman–Crippen LogP) is 3.33. The second-order valence-corrected chi connectivity index (χ2v) is 4.96. The summed E-state index contributed by atoms with van der Waals surface area (Å²) in [5.74, 6) is 1.62. The summed E-state index contributed by atoms with van der Waals surface area (Å²) in [5.41, 5.74) is 1.40. The fourth-order valence-corrected chi connectivity index (χ4v) is 1.85. The van der Waals surface area contributed by atoms with Crippen molar-refractivity contribution in [3.63, 3.8) is 0 Å². The van der Waals surface area contributed by atoms with Crippen molar-refractivity contribution in [3.8, 4) is 5.75 Å². The standard InChI is InChI=1S/C15H23NO/c1-3-12(2)13-4-8-15(9-5-13)17-11-10-16-14-6-7-14/h4-5,8-9,12,14,16H,3,6-7,10-11H2,1-2H3. The number of hydrogen-bond acceptors (Lipinski definition) is 2. The van der Waals surface area contributed by atoms with Crippen molar-refractivity contribution in [2.24, 2.45) is 0 Å². The van der Waals surface area contributed by atoms with Gasteiger partial charge in [0.2, 0.25) is 0 Å². The van der Waals surface area contributed by atoms with Gasteiger partial charge in [-0.3, -0.25) is 0 Å². The van der Waals surface area contributed by atoms with Crippen molar-refractivity contribution in [1.82, 2.24) is 5.32 Å². The summed E-state index contributed by atoms with van der Waals surface area (Å²) in [6.45, 7) is 6.20. The van der Waals surface area contributed by atoms with E-state index in [-0.39, 0.29) is 0 Å². The Morgan fingerprint density at radius 3 is 2.59 bits per heavy atom. The van der Waals surface area contributed by atoms with E-state index in [1.165, 1.54) is 24.8 Å². The molecule has 0 amide bonds. The van der Waals surface area contributed by atoms with Crippen LogP contribution in [0.3, 0.4) is 0 Å². The minimum Gasteiger partial charge on any atom is -0.492 e. The molecular weight excluding hydrogens is 210 g/mol. The average Bonchev–Trinajstić information content (AvgIpc) is 3.18. The molecule has 94 valence electrons. The van der Waals surface area contributed by atoms with Crippen LogP contribution in [-0.4, -0.2) is 19.2 Å². The first-order valence-electron chi connectivity index (χ1n) is 6.75. The summed E-state index contributed by atoms with van der Waals surface area (Å²) in [6, 6.07) is 9.29. The van der Waals surface area contributed by atoms with Crippen LogP contribution in [0.5, 0.6) is 5.75 Å². The smallest absolute Gasteiger partial charge is 0.119 e. The average molecular weight is 233 g/mol. The van der Waals surface area contributed by atoms with Crippen molar-refractivity contribution in [1.29, 1.82) is 0 Å². The van der Waals surface area contributed by atoms with Gasteiger partial charge in [-0.2, -0.15) is 0 Å². The molecule has 0 spiro atoms. The third-order valence-corrected chi connectivity index (χ3v) is 3.44. The van der Waals surface area contributed by atoms with E-state index >= 15 is 0 Å². The number of hydrogen-bond donors (Lipinski definition) is 1. The van der Waals surface area contributed by atoms with Crippen molar-refractivity contribution in [2.45, 2.75) is 45.1 Å². The van der Waals surface area contributed by atoms with Crippen molar-refractivity contribution in [3.05, 3.63) is 29.8 Å². The highest BCUT2D eigenvalue weighted by Gasteiger charge is 2.19. The van der Waals surface area contributed by atoms with Crippen molar-refractivity contribution in [2.75, 3.05) is 13.2 Å². The summed E-state index contributed by atoms with van der Waals surface area (Å²) in [5, 5.41) is 3.44. The van der Waals surface area contributed by atoms with Gasteiger partial charge in [0.05, 0.1) is 0 Å². The van der Waals surface area contributed by atoms with Crippen molar-refractivity contribution >= 4 is 0 Å². The van der Waals surface area contributed by atoms with E-state index in [0.29, 0.717) is 5.92 Å². The fourth-order valence-electron chi connectivity index (χ4n) is 1.85. The maximum Gasteiger partial charge on any atom is 0.119 e. The quantitative estimate of drug-likeness (QED) is 0.729. The molecule has 2 rings (SSSR count). The van der Waals surface area contributed by atoms with Gasteiger partial charge in [-0.15, -0.1) is 0 Å². The van der Waals surface area contributed by atoms with E-state index in [1.807, 2.05) is 0 Å². The van der Waals surface area contributed by atoms with Crippen LogP contribution in [0.2, 0.25) is 0 Å². The summed E-state index contributed by atoms with van der Waals surface area (Å²) >= 11 is 0. The Morgan fingerprint density at radius 2 is 2.00 bits per heavy atom. The SMILES string of the molecule is CCC(C)c1ccc(OCCNC2CC2)cc1. The lowest BCUT2D eigenvalue weighted by atomic mass is 9.99. The van der Waals surface area contributed by atoms with Crippen LogP contribution in [-0.2, 0) is 0 Å². The third-order valence-electron chi connectivity index (χ3n) is 3.44. The fraction of sp³-hybridized carbons (Fsp3) is 0.600. The van der Waals surface area contributed by atoms with Crippen LogP contribution in [0.1, 0.15) is 44.6 Å². The van der Waals surface area contributed by atoms with E-state index < -0.39 is 0 Å². The lowest BCUT2D eigenvalue weighted by Crippen LogP contribution is -2.22. The molecule has 0 aromatic heterocycles. The van der Waals surface area contributed by atoms with Gasteiger partial charge in [-0.1, -0.05) is 26.0 Å². The van der Waals surface area contributed by atoms with E-state index in [9.17, 15) is 0 Å². The van der Waals surface area contributed by atoms with E-state index in [1.54, 1.807) is 0 Å². The molecule has 1 unspecified atom stereocenters. The van der Waals surface area contributed by atoms with Gasteiger partial charge < -0.3 is 10.1 Å². The molecule has 1 aromatic rings. The van der Waals surface area contributed by atoms with Crippen LogP contribution in [0, 0.1) is 0 Å². The Labute approximate surface area is 104 Å². The molecule has 1 aliphatic carbocycles. The van der Waals surface area contributed by atoms with Gasteiger partial charge in [0.1, 0.15) is 12.4 Å². The molecule has 1 N–H and O–H groups in total. The molecule has 1 aromatic carbocycles. The minimum atomic E-state index is 0.639. The Bertz CT molecular complexity index is 329. The van der Waals surface area contributed by atoms with E-state index in [4.69, 9.17) is 4.74 Å². The van der Waals surface area contributed by atoms with E-state index in [0.717, 1.165) is 24.9 Å². The first-order valence-corrected chi connectivity index (χ1v) is 6.75. The first kappa shape index (κ1) is 12.4. The molecular formula is C15H23NO. The van der Waals surface area contributed by atoms with Crippen LogP contribution < -0.4 is 10.1 Å². The minimum absolute atomic E-state index is 0.639.